The molecule has 0 saturated heterocycles. The van der Waals surface area contributed by atoms with E-state index >= 15 is 0 Å². The van der Waals surface area contributed by atoms with Crippen molar-refractivity contribution in [3.8, 4) is 22.8 Å². The summed E-state index contributed by atoms with van der Waals surface area (Å²) in [7, 11) is 1.66. The van der Waals surface area contributed by atoms with E-state index in [4.69, 9.17) is 21.1 Å². The largest absolute Gasteiger partial charge is 0.486 e. The molecule has 0 spiro atoms. The number of anilines is 1. The lowest BCUT2D eigenvalue weighted by molar-refractivity contribution is 0.0987. The van der Waals surface area contributed by atoms with E-state index in [1.165, 1.54) is 11.1 Å². The summed E-state index contributed by atoms with van der Waals surface area (Å²) in [6.45, 7) is 1.05. The van der Waals surface area contributed by atoms with E-state index < -0.39 is 0 Å². The first-order valence-corrected chi connectivity index (χ1v) is 9.61. The molecule has 8 nitrogen and oxygen atoms in total. The number of benzene rings is 1. The van der Waals surface area contributed by atoms with Gasteiger partial charge in [0.15, 0.2) is 17.1 Å². The molecule has 1 aliphatic rings. The van der Waals surface area contributed by atoms with Crippen LogP contribution in [0.2, 0.25) is 5.15 Å². The minimum Gasteiger partial charge on any atom is -0.486 e. The number of amides is 1. The number of pyridine rings is 1. The molecule has 0 atom stereocenters. The van der Waals surface area contributed by atoms with Crippen molar-refractivity contribution >= 4 is 28.8 Å². The summed E-state index contributed by atoms with van der Waals surface area (Å²) in [4.78, 5) is 27.1. The third kappa shape index (κ3) is 3.21. The van der Waals surface area contributed by atoms with Crippen LogP contribution >= 0.6 is 11.6 Å². The fourth-order valence-electron chi connectivity index (χ4n) is 3.27. The van der Waals surface area contributed by atoms with Gasteiger partial charge in [-0.15, -0.1) is 0 Å². The van der Waals surface area contributed by atoms with Gasteiger partial charge in [0.05, 0.1) is 30.0 Å². The van der Waals surface area contributed by atoms with Gasteiger partial charge in [-0.25, -0.2) is 15.0 Å². The van der Waals surface area contributed by atoms with Crippen LogP contribution in [0.1, 0.15) is 10.5 Å². The van der Waals surface area contributed by atoms with Crippen LogP contribution in [0.3, 0.4) is 0 Å². The average Bonchev–Trinajstić information content (AvgIpc) is 3.21. The van der Waals surface area contributed by atoms with Crippen molar-refractivity contribution in [1.82, 2.24) is 19.4 Å². The molecule has 0 bridgehead atoms. The van der Waals surface area contributed by atoms with Gasteiger partial charge in [0.1, 0.15) is 24.1 Å². The molecule has 30 heavy (non-hydrogen) atoms. The fourth-order valence-corrected chi connectivity index (χ4v) is 3.38. The normalized spacial score (nSPS) is 12.7. The van der Waals surface area contributed by atoms with Crippen LogP contribution in [0.25, 0.3) is 16.9 Å². The average molecular weight is 422 g/mol. The minimum atomic E-state index is -0.275. The predicted octanol–water partition coefficient (Wildman–Crippen LogP) is 3.49. The van der Waals surface area contributed by atoms with Gasteiger partial charge in [0.25, 0.3) is 5.91 Å². The zero-order chi connectivity index (χ0) is 20.7. The van der Waals surface area contributed by atoms with Crippen molar-refractivity contribution in [3.63, 3.8) is 0 Å². The number of imidazole rings is 1. The van der Waals surface area contributed by atoms with Crippen molar-refractivity contribution in [3.05, 3.63) is 66.0 Å². The van der Waals surface area contributed by atoms with E-state index in [1.54, 1.807) is 37.8 Å². The first-order chi connectivity index (χ1) is 14.6. The van der Waals surface area contributed by atoms with Crippen LogP contribution in [0.15, 0.2) is 55.1 Å². The standard InChI is InChI=1S/C21H16ClN5O3/c1-26(14-3-5-19(22)24-9-14)21(28)15-12-27-16(10-25-20(27)11-23-15)13-2-4-17-18(8-13)30-7-6-29-17/h2-5,8-12H,6-7H2,1H3. The van der Waals surface area contributed by atoms with Crippen molar-refractivity contribution in [2.24, 2.45) is 0 Å². The van der Waals surface area contributed by atoms with Crippen molar-refractivity contribution in [2.45, 2.75) is 0 Å². The zero-order valence-electron chi connectivity index (χ0n) is 15.9. The topological polar surface area (TPSA) is 81.9 Å². The second-order valence-electron chi connectivity index (χ2n) is 6.71. The molecular formula is C21H16ClN5O3. The molecule has 3 aromatic heterocycles. The molecule has 0 aliphatic carbocycles. The Labute approximate surface area is 176 Å². The summed E-state index contributed by atoms with van der Waals surface area (Å²) in [5, 5.41) is 0.363. The number of ether oxygens (including phenoxy) is 2. The predicted molar refractivity (Wildman–Crippen MR) is 111 cm³/mol. The van der Waals surface area contributed by atoms with Crippen LogP contribution in [-0.2, 0) is 0 Å². The highest BCUT2D eigenvalue weighted by molar-refractivity contribution is 6.29. The molecule has 0 radical (unpaired) electrons. The van der Waals surface area contributed by atoms with E-state index in [2.05, 4.69) is 15.0 Å². The van der Waals surface area contributed by atoms with Crippen molar-refractivity contribution in [2.75, 3.05) is 25.2 Å². The number of hydrogen-bond donors (Lipinski definition) is 0. The minimum absolute atomic E-state index is 0.275. The second-order valence-corrected chi connectivity index (χ2v) is 7.09. The lowest BCUT2D eigenvalue weighted by Crippen LogP contribution is -2.27. The quantitative estimate of drug-likeness (QED) is 0.471. The lowest BCUT2D eigenvalue weighted by atomic mass is 10.1. The number of nitrogens with zero attached hydrogens (tertiary/aromatic N) is 5. The molecule has 5 rings (SSSR count). The Morgan fingerprint density at radius 2 is 1.87 bits per heavy atom. The first-order valence-electron chi connectivity index (χ1n) is 9.23. The van der Waals surface area contributed by atoms with Gasteiger partial charge < -0.3 is 14.4 Å². The number of fused-ring (bicyclic) bond motifs is 2. The molecule has 0 saturated carbocycles. The monoisotopic (exact) mass is 421 g/mol. The molecule has 1 amide bonds. The van der Waals surface area contributed by atoms with E-state index in [9.17, 15) is 4.79 Å². The first kappa shape index (κ1) is 18.4. The number of halogens is 1. The van der Waals surface area contributed by atoms with Gasteiger partial charge in [-0.1, -0.05) is 11.6 Å². The van der Waals surface area contributed by atoms with Gasteiger partial charge in [-0.3, -0.25) is 9.20 Å². The maximum Gasteiger partial charge on any atom is 0.278 e. The summed E-state index contributed by atoms with van der Waals surface area (Å²) in [5.41, 5.74) is 3.23. The highest BCUT2D eigenvalue weighted by Crippen LogP contribution is 2.34. The molecule has 4 aromatic rings. The highest BCUT2D eigenvalue weighted by Gasteiger charge is 2.18. The number of hydrogen-bond acceptors (Lipinski definition) is 6. The second kappa shape index (κ2) is 7.31. The van der Waals surface area contributed by atoms with Gasteiger partial charge in [-0.2, -0.15) is 0 Å². The molecule has 4 heterocycles. The summed E-state index contributed by atoms with van der Waals surface area (Å²) in [5.74, 6) is 1.13. The molecule has 1 aliphatic heterocycles. The Morgan fingerprint density at radius 1 is 1.03 bits per heavy atom. The highest BCUT2D eigenvalue weighted by atomic mass is 35.5. The maximum atomic E-state index is 13.0. The Bertz CT molecular complexity index is 1260. The number of carbonyl (C=O) groups excluding carboxylic acids is 1. The Hall–Kier alpha value is -3.65. The van der Waals surface area contributed by atoms with E-state index in [0.29, 0.717) is 35.5 Å². The Morgan fingerprint density at radius 3 is 2.67 bits per heavy atom. The summed E-state index contributed by atoms with van der Waals surface area (Å²) in [6, 6.07) is 9.07. The van der Waals surface area contributed by atoms with Crippen LogP contribution in [-0.4, -0.2) is 45.5 Å². The Balaban J connectivity index is 1.51. The van der Waals surface area contributed by atoms with Crippen LogP contribution < -0.4 is 14.4 Å². The van der Waals surface area contributed by atoms with Gasteiger partial charge in [-0.05, 0) is 30.3 Å². The smallest absolute Gasteiger partial charge is 0.278 e. The van der Waals surface area contributed by atoms with E-state index in [1.807, 2.05) is 22.6 Å². The lowest BCUT2D eigenvalue weighted by Gasteiger charge is -2.19. The van der Waals surface area contributed by atoms with E-state index in [0.717, 1.165) is 17.0 Å². The molecular weight excluding hydrogens is 406 g/mol. The summed E-state index contributed by atoms with van der Waals surface area (Å²) in [6.07, 6.45) is 6.53. The zero-order valence-corrected chi connectivity index (χ0v) is 16.7. The van der Waals surface area contributed by atoms with Crippen molar-refractivity contribution < 1.29 is 14.3 Å². The Kier molecular flexibility index (Phi) is 4.48. The summed E-state index contributed by atoms with van der Waals surface area (Å²) >= 11 is 5.83. The molecule has 0 N–H and O–H groups in total. The van der Waals surface area contributed by atoms with Crippen LogP contribution in [0.4, 0.5) is 5.69 Å². The van der Waals surface area contributed by atoms with Gasteiger partial charge in [0.2, 0.25) is 0 Å². The SMILES string of the molecule is CN(C(=O)c1cn2c(-c3ccc4c(c3)OCCO4)cnc2cn1)c1ccc(Cl)nc1. The third-order valence-electron chi connectivity index (χ3n) is 4.86. The van der Waals surface area contributed by atoms with E-state index in [-0.39, 0.29) is 11.6 Å². The third-order valence-corrected chi connectivity index (χ3v) is 5.08. The van der Waals surface area contributed by atoms with Gasteiger partial charge in [0, 0.05) is 18.8 Å². The van der Waals surface area contributed by atoms with Crippen LogP contribution in [0, 0.1) is 0 Å². The molecule has 1 aromatic carbocycles. The number of carbonyl (C=O) groups is 1. The fraction of sp³-hybridized carbons (Fsp3) is 0.143. The van der Waals surface area contributed by atoms with Crippen molar-refractivity contribution in [1.29, 1.82) is 0 Å². The molecule has 9 heteroatoms. The molecule has 0 unspecified atom stereocenters. The number of rotatable bonds is 3. The molecule has 150 valence electrons. The maximum absolute atomic E-state index is 13.0. The number of aromatic nitrogens is 4. The van der Waals surface area contributed by atoms with Gasteiger partial charge >= 0.3 is 0 Å². The summed E-state index contributed by atoms with van der Waals surface area (Å²) < 4.78 is 13.1. The molecule has 0 fully saturated rings. The van der Waals surface area contributed by atoms with Crippen LogP contribution in [0.5, 0.6) is 11.5 Å².